The van der Waals surface area contributed by atoms with Gasteiger partial charge in [0.05, 0.1) is 11.8 Å². The monoisotopic (exact) mass is 279 g/mol. The molecular weight excluding hydrogens is 258 g/mol. The van der Waals surface area contributed by atoms with E-state index in [2.05, 4.69) is 5.32 Å². The number of nitrogens with one attached hydrogen (secondary N) is 1. The Kier molecular flexibility index (Phi) is 3.74. The van der Waals surface area contributed by atoms with E-state index in [-0.39, 0.29) is 42.5 Å². The van der Waals surface area contributed by atoms with E-state index in [1.807, 2.05) is 4.90 Å². The van der Waals surface area contributed by atoms with E-state index >= 15 is 0 Å². The standard InChI is InChI=1S/C14H21N3O3/c18-12(16-8-5-15-6-9-16)4-7-17-13(19)10-2-1-3-11(10)14(17)20/h10-11,15H,1-9H2. The molecule has 3 rings (SSSR count). The second kappa shape index (κ2) is 5.52. The predicted molar refractivity (Wildman–Crippen MR) is 71.6 cm³/mol. The molecule has 3 aliphatic rings. The van der Waals surface area contributed by atoms with Crippen LogP contribution < -0.4 is 5.32 Å². The van der Waals surface area contributed by atoms with Gasteiger partial charge in [-0.05, 0) is 12.8 Å². The van der Waals surface area contributed by atoms with Crippen LogP contribution >= 0.6 is 0 Å². The van der Waals surface area contributed by atoms with Crippen molar-refractivity contribution in [1.82, 2.24) is 15.1 Å². The summed E-state index contributed by atoms with van der Waals surface area (Å²) in [5, 5.41) is 3.20. The number of imide groups is 1. The molecule has 0 aromatic carbocycles. The first-order valence-electron chi connectivity index (χ1n) is 7.52. The fourth-order valence-electron chi connectivity index (χ4n) is 3.56. The average Bonchev–Trinajstić information content (AvgIpc) is 3.03. The van der Waals surface area contributed by atoms with Crippen LogP contribution in [0.3, 0.4) is 0 Å². The van der Waals surface area contributed by atoms with Crippen molar-refractivity contribution in [3.8, 4) is 0 Å². The van der Waals surface area contributed by atoms with Crippen LogP contribution in [0.25, 0.3) is 0 Å². The van der Waals surface area contributed by atoms with Crippen LogP contribution in [-0.2, 0) is 14.4 Å². The maximum atomic E-state index is 12.2. The van der Waals surface area contributed by atoms with Crippen molar-refractivity contribution in [2.75, 3.05) is 32.7 Å². The molecule has 2 unspecified atom stereocenters. The van der Waals surface area contributed by atoms with E-state index in [1.165, 1.54) is 4.90 Å². The molecule has 6 nitrogen and oxygen atoms in total. The lowest BCUT2D eigenvalue weighted by molar-refractivity contribution is -0.141. The summed E-state index contributed by atoms with van der Waals surface area (Å²) in [7, 11) is 0. The molecule has 0 radical (unpaired) electrons. The van der Waals surface area contributed by atoms with Gasteiger partial charge in [0.25, 0.3) is 0 Å². The van der Waals surface area contributed by atoms with Gasteiger partial charge in [-0.1, -0.05) is 6.42 Å². The smallest absolute Gasteiger partial charge is 0.233 e. The molecule has 2 aliphatic heterocycles. The van der Waals surface area contributed by atoms with Gasteiger partial charge < -0.3 is 10.2 Å². The van der Waals surface area contributed by atoms with E-state index in [9.17, 15) is 14.4 Å². The topological polar surface area (TPSA) is 69.7 Å². The van der Waals surface area contributed by atoms with E-state index in [4.69, 9.17) is 0 Å². The van der Waals surface area contributed by atoms with Gasteiger partial charge in [-0.15, -0.1) is 0 Å². The van der Waals surface area contributed by atoms with Crippen LogP contribution in [0.1, 0.15) is 25.7 Å². The van der Waals surface area contributed by atoms with Gasteiger partial charge in [0.2, 0.25) is 17.7 Å². The maximum absolute atomic E-state index is 12.2. The predicted octanol–water partition coefficient (Wildman–Crippen LogP) is -0.407. The van der Waals surface area contributed by atoms with E-state index < -0.39 is 0 Å². The second-order valence-corrected chi connectivity index (χ2v) is 5.85. The minimum absolute atomic E-state index is 0.0455. The van der Waals surface area contributed by atoms with E-state index in [0.29, 0.717) is 13.1 Å². The van der Waals surface area contributed by atoms with E-state index in [1.54, 1.807) is 0 Å². The Labute approximate surface area is 118 Å². The van der Waals surface area contributed by atoms with Gasteiger partial charge in [0.15, 0.2) is 0 Å². The zero-order chi connectivity index (χ0) is 14.1. The van der Waals surface area contributed by atoms with Crippen molar-refractivity contribution in [2.45, 2.75) is 25.7 Å². The molecule has 1 N–H and O–H groups in total. The fourth-order valence-corrected chi connectivity index (χ4v) is 3.56. The first kappa shape index (κ1) is 13.5. The SMILES string of the molecule is O=C(CCN1C(=O)C2CCCC2C1=O)N1CCNCC1. The number of likely N-dealkylation sites (tertiary alicyclic amines) is 1. The summed E-state index contributed by atoms with van der Waals surface area (Å²) >= 11 is 0. The molecule has 0 spiro atoms. The highest BCUT2D eigenvalue weighted by molar-refractivity contribution is 6.05. The van der Waals surface area contributed by atoms with Crippen molar-refractivity contribution >= 4 is 17.7 Å². The molecule has 1 saturated carbocycles. The minimum atomic E-state index is -0.100. The van der Waals surface area contributed by atoms with Gasteiger partial charge in [0, 0.05) is 39.1 Å². The van der Waals surface area contributed by atoms with E-state index in [0.717, 1.165) is 32.4 Å². The van der Waals surface area contributed by atoms with Gasteiger partial charge in [-0.2, -0.15) is 0 Å². The Hall–Kier alpha value is -1.43. The summed E-state index contributed by atoms with van der Waals surface area (Å²) in [5.74, 6) is -0.256. The Balaban J connectivity index is 1.54. The van der Waals surface area contributed by atoms with Gasteiger partial charge in [0.1, 0.15) is 0 Å². The van der Waals surface area contributed by atoms with Crippen molar-refractivity contribution < 1.29 is 14.4 Å². The molecule has 0 aromatic rings. The molecule has 2 heterocycles. The number of rotatable bonds is 3. The first-order valence-corrected chi connectivity index (χ1v) is 7.52. The van der Waals surface area contributed by atoms with Crippen LogP contribution in [0.2, 0.25) is 0 Å². The number of carbonyl (C=O) groups is 3. The number of hydrogen-bond donors (Lipinski definition) is 1. The lowest BCUT2D eigenvalue weighted by Gasteiger charge is -2.28. The molecule has 2 atom stereocenters. The highest BCUT2D eigenvalue weighted by Crippen LogP contribution is 2.39. The highest BCUT2D eigenvalue weighted by atomic mass is 16.2. The summed E-state index contributed by atoms with van der Waals surface area (Å²) in [6.07, 6.45) is 2.90. The zero-order valence-electron chi connectivity index (χ0n) is 11.6. The number of carbonyl (C=O) groups excluding carboxylic acids is 3. The molecule has 3 amide bonds. The van der Waals surface area contributed by atoms with Gasteiger partial charge >= 0.3 is 0 Å². The fraction of sp³-hybridized carbons (Fsp3) is 0.786. The molecule has 110 valence electrons. The summed E-state index contributed by atoms with van der Waals surface area (Å²) in [6, 6.07) is 0. The molecular formula is C14H21N3O3. The minimum Gasteiger partial charge on any atom is -0.340 e. The number of piperazine rings is 1. The Morgan fingerprint density at radius 3 is 2.30 bits per heavy atom. The van der Waals surface area contributed by atoms with Crippen LogP contribution in [-0.4, -0.2) is 60.2 Å². The normalized spacial score (nSPS) is 30.0. The zero-order valence-corrected chi connectivity index (χ0v) is 11.6. The third-order valence-corrected chi connectivity index (χ3v) is 4.70. The first-order chi connectivity index (χ1) is 9.68. The number of amides is 3. The Morgan fingerprint density at radius 2 is 1.70 bits per heavy atom. The lowest BCUT2D eigenvalue weighted by Crippen LogP contribution is -2.47. The van der Waals surface area contributed by atoms with Crippen molar-refractivity contribution in [1.29, 1.82) is 0 Å². The number of hydrogen-bond acceptors (Lipinski definition) is 4. The summed E-state index contributed by atoms with van der Waals surface area (Å²) in [6.45, 7) is 3.32. The number of nitrogens with zero attached hydrogens (tertiary/aromatic N) is 2. The quantitative estimate of drug-likeness (QED) is 0.713. The highest BCUT2D eigenvalue weighted by Gasteiger charge is 2.49. The molecule has 6 heteroatoms. The maximum Gasteiger partial charge on any atom is 0.233 e. The van der Waals surface area contributed by atoms with Gasteiger partial charge in [-0.25, -0.2) is 0 Å². The molecule has 0 aromatic heterocycles. The molecule has 3 fully saturated rings. The summed E-state index contributed by atoms with van der Waals surface area (Å²) < 4.78 is 0. The van der Waals surface area contributed by atoms with Gasteiger partial charge in [-0.3, -0.25) is 19.3 Å². The Bertz CT molecular complexity index is 409. The van der Waals surface area contributed by atoms with Crippen molar-refractivity contribution in [2.24, 2.45) is 11.8 Å². The largest absolute Gasteiger partial charge is 0.340 e. The summed E-state index contributed by atoms with van der Waals surface area (Å²) in [5.41, 5.74) is 0. The summed E-state index contributed by atoms with van der Waals surface area (Å²) in [4.78, 5) is 39.5. The van der Waals surface area contributed by atoms with Crippen LogP contribution in [0, 0.1) is 11.8 Å². The average molecular weight is 279 g/mol. The molecule has 1 aliphatic carbocycles. The third-order valence-electron chi connectivity index (χ3n) is 4.70. The number of fused-ring (bicyclic) bond motifs is 1. The third kappa shape index (κ3) is 2.32. The molecule has 2 saturated heterocycles. The lowest BCUT2D eigenvalue weighted by atomic mass is 10.00. The van der Waals surface area contributed by atoms with Crippen molar-refractivity contribution in [3.05, 3.63) is 0 Å². The Morgan fingerprint density at radius 1 is 1.10 bits per heavy atom. The van der Waals surface area contributed by atoms with Crippen LogP contribution in [0.5, 0.6) is 0 Å². The molecule has 0 bridgehead atoms. The van der Waals surface area contributed by atoms with Crippen LogP contribution in [0.15, 0.2) is 0 Å². The second-order valence-electron chi connectivity index (χ2n) is 5.85. The van der Waals surface area contributed by atoms with Crippen LogP contribution in [0.4, 0.5) is 0 Å². The van der Waals surface area contributed by atoms with Crippen molar-refractivity contribution in [3.63, 3.8) is 0 Å². The molecule has 20 heavy (non-hydrogen) atoms.